The van der Waals surface area contributed by atoms with E-state index in [1.807, 2.05) is 13.0 Å². The molecule has 0 aliphatic carbocycles. The molecule has 1 heteroatoms. The van der Waals surface area contributed by atoms with Crippen molar-refractivity contribution in [1.29, 1.82) is 0 Å². The lowest BCUT2D eigenvalue weighted by atomic mass is 10.1. The van der Waals surface area contributed by atoms with Crippen LogP contribution in [0.4, 0.5) is 0 Å². The smallest absolute Gasteiger partial charge is 0.0639 e. The van der Waals surface area contributed by atoms with Gasteiger partial charge in [0.2, 0.25) is 0 Å². The largest absolute Gasteiger partial charge is 0.392 e. The second kappa shape index (κ2) is 5.24. The van der Waals surface area contributed by atoms with Crippen LogP contribution in [0.3, 0.4) is 0 Å². The molecular weight excluding hydrogens is 124 g/mol. The maximum Gasteiger partial charge on any atom is 0.0639 e. The summed E-state index contributed by atoms with van der Waals surface area (Å²) in [5.41, 5.74) is 1.04. The zero-order valence-electron chi connectivity index (χ0n) is 6.80. The van der Waals surface area contributed by atoms with Crippen LogP contribution in [0.1, 0.15) is 20.3 Å². The quantitative estimate of drug-likeness (QED) is 0.593. The predicted octanol–water partition coefficient (Wildman–Crippen LogP) is 2.14. The summed E-state index contributed by atoms with van der Waals surface area (Å²) in [6.45, 7) is 7.85. The van der Waals surface area contributed by atoms with E-state index in [4.69, 9.17) is 5.11 Å². The summed E-state index contributed by atoms with van der Waals surface area (Å²) in [4.78, 5) is 0. The first-order valence-corrected chi connectivity index (χ1v) is 3.59. The van der Waals surface area contributed by atoms with Crippen LogP contribution < -0.4 is 0 Å². The molecule has 0 amide bonds. The average Bonchev–Trinajstić information content (AvgIpc) is 1.88. The Morgan fingerprint density at radius 2 is 2.30 bits per heavy atom. The molecule has 0 aliphatic rings. The lowest BCUT2D eigenvalue weighted by Crippen LogP contribution is -1.91. The molecule has 1 N–H and O–H groups in total. The summed E-state index contributed by atoms with van der Waals surface area (Å²) in [6, 6.07) is 0. The van der Waals surface area contributed by atoms with Crippen molar-refractivity contribution >= 4 is 0 Å². The zero-order valence-corrected chi connectivity index (χ0v) is 6.80. The lowest BCUT2D eigenvalue weighted by Gasteiger charge is -2.02. The van der Waals surface area contributed by atoms with Crippen molar-refractivity contribution in [3.63, 3.8) is 0 Å². The van der Waals surface area contributed by atoms with E-state index in [2.05, 4.69) is 19.6 Å². The van der Waals surface area contributed by atoms with Crippen LogP contribution in [-0.4, -0.2) is 11.7 Å². The van der Waals surface area contributed by atoms with E-state index in [0.717, 1.165) is 12.0 Å². The number of allylic oxidation sites excluding steroid dienone is 2. The first kappa shape index (κ1) is 9.44. The fourth-order valence-electron chi connectivity index (χ4n) is 0.869. The molecule has 1 nitrogen and oxygen atoms in total. The average molecular weight is 140 g/mol. The van der Waals surface area contributed by atoms with E-state index in [0.29, 0.717) is 5.92 Å². The van der Waals surface area contributed by atoms with Gasteiger partial charge in [-0.15, -0.1) is 6.58 Å². The maximum atomic E-state index is 8.66. The molecule has 0 aromatic rings. The van der Waals surface area contributed by atoms with Crippen LogP contribution in [0.15, 0.2) is 24.3 Å². The van der Waals surface area contributed by atoms with Crippen LogP contribution in [0.25, 0.3) is 0 Å². The van der Waals surface area contributed by atoms with Crippen molar-refractivity contribution in [2.75, 3.05) is 6.61 Å². The molecule has 0 aromatic carbocycles. The van der Waals surface area contributed by atoms with E-state index < -0.39 is 0 Å². The summed E-state index contributed by atoms with van der Waals surface area (Å²) in [5, 5.41) is 8.66. The monoisotopic (exact) mass is 140 g/mol. The summed E-state index contributed by atoms with van der Waals surface area (Å²) in [5.74, 6) is 0.504. The van der Waals surface area contributed by atoms with Crippen molar-refractivity contribution in [2.45, 2.75) is 20.3 Å². The van der Waals surface area contributed by atoms with E-state index in [9.17, 15) is 0 Å². The standard InChI is InChI=1S/C9H16O/c1-4-5-8(2)6-9(3)7-10/h4,6,8,10H,1,5,7H2,2-3H3. The maximum absolute atomic E-state index is 8.66. The van der Waals surface area contributed by atoms with Gasteiger partial charge in [0.15, 0.2) is 0 Å². The molecule has 0 bridgehead atoms. The van der Waals surface area contributed by atoms with Crippen LogP contribution in [-0.2, 0) is 0 Å². The summed E-state index contributed by atoms with van der Waals surface area (Å²) in [6.07, 6.45) is 4.95. The minimum Gasteiger partial charge on any atom is -0.392 e. The Bertz CT molecular complexity index is 125. The number of hydrogen-bond donors (Lipinski definition) is 1. The van der Waals surface area contributed by atoms with E-state index in [-0.39, 0.29) is 6.61 Å². The van der Waals surface area contributed by atoms with Gasteiger partial charge < -0.3 is 5.11 Å². The third-order valence-corrected chi connectivity index (χ3v) is 1.36. The molecule has 0 radical (unpaired) electrons. The third-order valence-electron chi connectivity index (χ3n) is 1.36. The van der Waals surface area contributed by atoms with Crippen LogP contribution >= 0.6 is 0 Å². The van der Waals surface area contributed by atoms with Gasteiger partial charge in [0.25, 0.3) is 0 Å². The molecule has 0 aromatic heterocycles. The molecule has 0 aliphatic heterocycles. The van der Waals surface area contributed by atoms with Crippen LogP contribution in [0, 0.1) is 5.92 Å². The first-order chi connectivity index (χ1) is 4.70. The molecule has 0 saturated carbocycles. The van der Waals surface area contributed by atoms with Gasteiger partial charge in [-0.2, -0.15) is 0 Å². The summed E-state index contributed by atoms with van der Waals surface area (Å²) in [7, 11) is 0. The van der Waals surface area contributed by atoms with E-state index in [1.165, 1.54) is 0 Å². The highest BCUT2D eigenvalue weighted by Gasteiger charge is 1.93. The van der Waals surface area contributed by atoms with Crippen molar-refractivity contribution in [3.8, 4) is 0 Å². The Balaban J connectivity index is 3.73. The van der Waals surface area contributed by atoms with E-state index >= 15 is 0 Å². The molecule has 1 unspecified atom stereocenters. The van der Waals surface area contributed by atoms with Gasteiger partial charge in [0, 0.05) is 0 Å². The second-order valence-corrected chi connectivity index (χ2v) is 2.67. The Kier molecular flexibility index (Phi) is 4.95. The van der Waals surface area contributed by atoms with Gasteiger partial charge in [-0.05, 0) is 19.3 Å². The van der Waals surface area contributed by atoms with Gasteiger partial charge in [-0.3, -0.25) is 0 Å². The Labute approximate surface area is 63.1 Å². The fourth-order valence-corrected chi connectivity index (χ4v) is 0.869. The van der Waals surface area contributed by atoms with Gasteiger partial charge in [0.05, 0.1) is 6.61 Å². The Morgan fingerprint density at radius 1 is 1.70 bits per heavy atom. The van der Waals surface area contributed by atoms with Crippen molar-refractivity contribution < 1.29 is 5.11 Å². The highest BCUT2D eigenvalue weighted by atomic mass is 16.3. The minimum absolute atomic E-state index is 0.168. The Hall–Kier alpha value is -0.560. The Morgan fingerprint density at radius 3 is 2.70 bits per heavy atom. The molecule has 0 saturated heterocycles. The third kappa shape index (κ3) is 4.33. The van der Waals surface area contributed by atoms with Gasteiger partial charge in [0.1, 0.15) is 0 Å². The zero-order chi connectivity index (χ0) is 7.98. The summed E-state index contributed by atoms with van der Waals surface area (Å²) >= 11 is 0. The lowest BCUT2D eigenvalue weighted by molar-refractivity contribution is 0.330. The van der Waals surface area contributed by atoms with Crippen molar-refractivity contribution in [3.05, 3.63) is 24.3 Å². The van der Waals surface area contributed by atoms with Gasteiger partial charge in [-0.25, -0.2) is 0 Å². The fraction of sp³-hybridized carbons (Fsp3) is 0.556. The molecule has 58 valence electrons. The highest BCUT2D eigenvalue weighted by Crippen LogP contribution is 2.06. The minimum atomic E-state index is 0.168. The molecule has 1 atom stereocenters. The van der Waals surface area contributed by atoms with Crippen molar-refractivity contribution in [2.24, 2.45) is 5.92 Å². The number of rotatable bonds is 4. The first-order valence-electron chi connectivity index (χ1n) is 3.59. The predicted molar refractivity (Wildman–Crippen MR) is 44.8 cm³/mol. The molecule has 0 fully saturated rings. The molecule has 10 heavy (non-hydrogen) atoms. The number of aliphatic hydroxyl groups excluding tert-OH is 1. The van der Waals surface area contributed by atoms with Crippen LogP contribution in [0.2, 0.25) is 0 Å². The van der Waals surface area contributed by atoms with Gasteiger partial charge in [-0.1, -0.05) is 24.6 Å². The molecular formula is C9H16O. The second-order valence-electron chi connectivity index (χ2n) is 2.67. The van der Waals surface area contributed by atoms with E-state index in [1.54, 1.807) is 0 Å². The topological polar surface area (TPSA) is 20.2 Å². The SMILES string of the molecule is C=CCC(C)C=C(C)CO. The van der Waals surface area contributed by atoms with Crippen LogP contribution in [0.5, 0.6) is 0 Å². The summed E-state index contributed by atoms with van der Waals surface area (Å²) < 4.78 is 0. The van der Waals surface area contributed by atoms with Crippen molar-refractivity contribution in [1.82, 2.24) is 0 Å². The highest BCUT2D eigenvalue weighted by molar-refractivity contribution is 5.01. The molecule has 0 spiro atoms. The normalized spacial score (nSPS) is 14.9. The molecule has 0 heterocycles. The number of hydrogen-bond acceptors (Lipinski definition) is 1. The van der Waals surface area contributed by atoms with Gasteiger partial charge >= 0.3 is 0 Å². The molecule has 0 rings (SSSR count). The number of aliphatic hydroxyl groups is 1.